The van der Waals surface area contributed by atoms with Crippen LogP contribution in [0.5, 0.6) is 0 Å². The Labute approximate surface area is 183 Å². The molecule has 8 heteroatoms. The summed E-state index contributed by atoms with van der Waals surface area (Å²) in [6.45, 7) is 6.11. The zero-order valence-electron chi connectivity index (χ0n) is 18.5. The number of rotatable bonds is 5. The normalized spacial score (nSPS) is 26.7. The summed E-state index contributed by atoms with van der Waals surface area (Å²) < 4.78 is 14.1. The third-order valence-corrected chi connectivity index (χ3v) is 7.07. The van der Waals surface area contributed by atoms with Gasteiger partial charge in [-0.15, -0.1) is 0 Å². The number of halogens is 1. The number of hydrogen-bond donors (Lipinski definition) is 3. The van der Waals surface area contributed by atoms with E-state index < -0.39 is 6.04 Å². The van der Waals surface area contributed by atoms with Gasteiger partial charge in [-0.05, 0) is 44.2 Å². The second-order valence-corrected chi connectivity index (χ2v) is 9.13. The summed E-state index contributed by atoms with van der Waals surface area (Å²) in [5.74, 6) is -0.209. The third-order valence-electron chi connectivity index (χ3n) is 7.07. The number of carbonyl (C=O) groups excluding carboxylic acids is 2. The van der Waals surface area contributed by atoms with Crippen molar-refractivity contribution in [2.75, 3.05) is 45.1 Å². The SMILES string of the molecule is CNC(=O)CN1CCN(C2CCC[C@@H](NC(=O)C3Cc4c(F)ccc(C)c4N3)C2)CC1. The van der Waals surface area contributed by atoms with Crippen LogP contribution in [0.4, 0.5) is 10.1 Å². The lowest BCUT2D eigenvalue weighted by Crippen LogP contribution is -2.55. The number of benzene rings is 1. The van der Waals surface area contributed by atoms with E-state index in [9.17, 15) is 14.0 Å². The number of aryl methyl sites for hydroxylation is 1. The Kier molecular flexibility index (Phi) is 6.77. The second-order valence-electron chi connectivity index (χ2n) is 9.13. The molecule has 2 amide bonds. The Bertz CT molecular complexity index is 793. The molecule has 4 rings (SSSR count). The molecule has 3 atom stereocenters. The van der Waals surface area contributed by atoms with Gasteiger partial charge >= 0.3 is 0 Å². The highest BCUT2D eigenvalue weighted by molar-refractivity contribution is 5.88. The third kappa shape index (κ3) is 5.01. The standard InChI is InChI=1S/C23H34FN5O2/c1-15-6-7-19(24)18-13-20(27-22(15)18)23(31)26-16-4-3-5-17(12-16)29-10-8-28(9-11-29)14-21(30)25-2/h6-7,16-17,20,27H,3-5,8-14H2,1-2H3,(H,25,30)(H,26,31)/t16-,17?,20?/m1/s1. The van der Waals surface area contributed by atoms with Crippen molar-refractivity contribution in [1.82, 2.24) is 20.4 Å². The molecule has 3 N–H and O–H groups in total. The van der Waals surface area contributed by atoms with Gasteiger partial charge in [-0.25, -0.2) is 4.39 Å². The molecule has 1 aromatic carbocycles. The van der Waals surface area contributed by atoms with Crippen molar-refractivity contribution >= 4 is 17.5 Å². The van der Waals surface area contributed by atoms with Gasteiger partial charge in [0.05, 0.1) is 6.54 Å². The smallest absolute Gasteiger partial charge is 0.243 e. The topological polar surface area (TPSA) is 76.7 Å². The van der Waals surface area contributed by atoms with Crippen LogP contribution >= 0.6 is 0 Å². The van der Waals surface area contributed by atoms with Gasteiger partial charge in [0.15, 0.2) is 0 Å². The van der Waals surface area contributed by atoms with Crippen LogP contribution in [-0.4, -0.2) is 79.5 Å². The number of piperazine rings is 1. The molecule has 3 aliphatic rings. The summed E-state index contributed by atoms with van der Waals surface area (Å²) in [7, 11) is 1.67. The van der Waals surface area contributed by atoms with Crippen molar-refractivity contribution in [3.8, 4) is 0 Å². The molecule has 31 heavy (non-hydrogen) atoms. The van der Waals surface area contributed by atoms with E-state index in [1.807, 2.05) is 6.92 Å². The molecule has 7 nitrogen and oxygen atoms in total. The van der Waals surface area contributed by atoms with E-state index in [-0.39, 0.29) is 23.7 Å². The average Bonchev–Trinajstić information content (AvgIpc) is 3.24. The van der Waals surface area contributed by atoms with Crippen LogP contribution in [-0.2, 0) is 16.0 Å². The van der Waals surface area contributed by atoms with Crippen LogP contribution < -0.4 is 16.0 Å². The maximum Gasteiger partial charge on any atom is 0.243 e. The van der Waals surface area contributed by atoms with Gasteiger partial charge in [-0.3, -0.25) is 19.4 Å². The Morgan fingerprint density at radius 3 is 2.68 bits per heavy atom. The fourth-order valence-corrected chi connectivity index (χ4v) is 5.22. The van der Waals surface area contributed by atoms with E-state index in [4.69, 9.17) is 0 Å². The zero-order valence-corrected chi connectivity index (χ0v) is 18.5. The number of anilines is 1. The van der Waals surface area contributed by atoms with Crippen LogP contribution in [0.25, 0.3) is 0 Å². The number of nitrogens with one attached hydrogen (secondary N) is 3. The van der Waals surface area contributed by atoms with Gasteiger partial charge < -0.3 is 16.0 Å². The lowest BCUT2D eigenvalue weighted by atomic mass is 9.89. The van der Waals surface area contributed by atoms with Crippen LogP contribution in [0, 0.1) is 12.7 Å². The molecule has 1 aliphatic carbocycles. The average molecular weight is 432 g/mol. The van der Waals surface area contributed by atoms with Crippen LogP contribution in [0.2, 0.25) is 0 Å². The van der Waals surface area contributed by atoms with Gasteiger partial charge in [0, 0.05) is 63.0 Å². The van der Waals surface area contributed by atoms with E-state index in [0.29, 0.717) is 24.6 Å². The van der Waals surface area contributed by atoms with Gasteiger partial charge in [-0.1, -0.05) is 6.07 Å². The predicted octanol–water partition coefficient (Wildman–Crippen LogP) is 1.26. The first-order valence-electron chi connectivity index (χ1n) is 11.5. The molecule has 170 valence electrons. The predicted molar refractivity (Wildman–Crippen MR) is 119 cm³/mol. The Hall–Kier alpha value is -2.19. The lowest BCUT2D eigenvalue weighted by molar-refractivity contribution is -0.123. The summed E-state index contributed by atoms with van der Waals surface area (Å²) in [4.78, 5) is 29.2. The summed E-state index contributed by atoms with van der Waals surface area (Å²) in [5, 5.41) is 9.15. The Morgan fingerprint density at radius 1 is 1.19 bits per heavy atom. The van der Waals surface area contributed by atoms with Crippen molar-refractivity contribution in [2.24, 2.45) is 0 Å². The van der Waals surface area contributed by atoms with Crippen molar-refractivity contribution in [2.45, 2.75) is 57.2 Å². The number of amides is 2. The minimum atomic E-state index is -0.403. The number of nitrogens with zero attached hydrogens (tertiary/aromatic N) is 2. The number of carbonyl (C=O) groups is 2. The monoisotopic (exact) mass is 431 g/mol. The van der Waals surface area contributed by atoms with Crippen molar-refractivity contribution in [3.05, 3.63) is 29.1 Å². The molecule has 1 saturated heterocycles. The van der Waals surface area contributed by atoms with Crippen molar-refractivity contribution < 1.29 is 14.0 Å². The lowest BCUT2D eigenvalue weighted by Gasteiger charge is -2.42. The van der Waals surface area contributed by atoms with Gasteiger partial charge in [0.25, 0.3) is 0 Å². The summed E-state index contributed by atoms with van der Waals surface area (Å²) >= 11 is 0. The van der Waals surface area contributed by atoms with Gasteiger partial charge in [0.1, 0.15) is 11.9 Å². The molecule has 1 aromatic rings. The van der Waals surface area contributed by atoms with Gasteiger partial charge in [0.2, 0.25) is 11.8 Å². The maximum atomic E-state index is 14.1. The molecule has 1 saturated carbocycles. The number of fused-ring (bicyclic) bond motifs is 1. The van der Waals surface area contributed by atoms with E-state index >= 15 is 0 Å². The zero-order chi connectivity index (χ0) is 22.0. The van der Waals surface area contributed by atoms with Crippen LogP contribution in [0.1, 0.15) is 36.8 Å². The summed E-state index contributed by atoms with van der Waals surface area (Å²) in [6, 6.07) is 3.46. The molecular weight excluding hydrogens is 397 g/mol. The molecule has 0 radical (unpaired) electrons. The Morgan fingerprint density at radius 2 is 1.97 bits per heavy atom. The highest BCUT2D eigenvalue weighted by atomic mass is 19.1. The van der Waals surface area contributed by atoms with Crippen LogP contribution in [0.3, 0.4) is 0 Å². The largest absolute Gasteiger partial charge is 0.373 e. The first kappa shape index (κ1) is 22.0. The van der Waals surface area contributed by atoms with E-state index in [2.05, 4.69) is 25.8 Å². The number of likely N-dealkylation sites (N-methyl/N-ethyl adjacent to an activating group) is 1. The fourth-order valence-electron chi connectivity index (χ4n) is 5.22. The summed E-state index contributed by atoms with van der Waals surface area (Å²) in [5.41, 5.74) is 2.37. The second kappa shape index (κ2) is 9.53. The van der Waals surface area contributed by atoms with E-state index in [1.165, 1.54) is 6.07 Å². The molecule has 2 aliphatic heterocycles. The highest BCUT2D eigenvalue weighted by Gasteiger charge is 2.34. The molecule has 2 heterocycles. The first-order chi connectivity index (χ1) is 14.9. The summed E-state index contributed by atoms with van der Waals surface area (Å²) in [6.07, 6.45) is 4.60. The highest BCUT2D eigenvalue weighted by Crippen LogP contribution is 2.32. The minimum Gasteiger partial charge on any atom is -0.373 e. The Balaban J connectivity index is 1.27. The fraction of sp³-hybridized carbons (Fsp3) is 0.652. The van der Waals surface area contributed by atoms with E-state index in [0.717, 1.165) is 63.1 Å². The quantitative estimate of drug-likeness (QED) is 0.655. The molecule has 2 unspecified atom stereocenters. The van der Waals surface area contributed by atoms with Crippen LogP contribution in [0.15, 0.2) is 12.1 Å². The number of hydrogen-bond acceptors (Lipinski definition) is 5. The minimum absolute atomic E-state index is 0.0314. The van der Waals surface area contributed by atoms with E-state index in [1.54, 1.807) is 13.1 Å². The van der Waals surface area contributed by atoms with Crippen molar-refractivity contribution in [3.63, 3.8) is 0 Å². The van der Waals surface area contributed by atoms with Gasteiger partial charge in [-0.2, -0.15) is 0 Å². The molecule has 2 fully saturated rings. The molecule has 0 aromatic heterocycles. The first-order valence-corrected chi connectivity index (χ1v) is 11.5. The van der Waals surface area contributed by atoms with Crippen molar-refractivity contribution in [1.29, 1.82) is 0 Å². The molecule has 0 bridgehead atoms. The molecule has 0 spiro atoms. The molecular formula is C23H34FN5O2. The maximum absolute atomic E-state index is 14.1.